The summed E-state index contributed by atoms with van der Waals surface area (Å²) in [7, 11) is 0. The number of likely N-dealkylation sites (tertiary alicyclic amines) is 1. The van der Waals surface area contributed by atoms with E-state index in [0.29, 0.717) is 18.5 Å². The number of carbonyl (C=O) groups is 3. The maximum absolute atomic E-state index is 13.5. The lowest BCUT2D eigenvalue weighted by Gasteiger charge is -2.31. The van der Waals surface area contributed by atoms with E-state index in [1.165, 1.54) is 18.1 Å². The summed E-state index contributed by atoms with van der Waals surface area (Å²) in [6.45, 7) is 6.77. The number of hydrogen-bond donors (Lipinski definition) is 2. The fourth-order valence-electron chi connectivity index (χ4n) is 5.01. The molecule has 1 aromatic carbocycles. The number of hydrogen-bond acceptors (Lipinski definition) is 6. The lowest BCUT2D eigenvalue weighted by Crippen LogP contribution is -2.55. The molecule has 8 heteroatoms. The van der Waals surface area contributed by atoms with Crippen LogP contribution >= 0.6 is 0 Å². The van der Waals surface area contributed by atoms with Gasteiger partial charge in [-0.05, 0) is 62.2 Å². The first kappa shape index (κ1) is 26.1. The summed E-state index contributed by atoms with van der Waals surface area (Å²) in [5, 5.41) is 5.80. The van der Waals surface area contributed by atoms with Crippen LogP contribution in [0.15, 0.2) is 53.3 Å². The highest BCUT2D eigenvalue weighted by Crippen LogP contribution is 2.29. The monoisotopic (exact) mass is 495 g/mol. The van der Waals surface area contributed by atoms with Crippen molar-refractivity contribution < 1.29 is 23.5 Å². The minimum atomic E-state index is -0.806. The van der Waals surface area contributed by atoms with E-state index in [0.717, 1.165) is 38.8 Å². The Morgan fingerprint density at radius 2 is 1.89 bits per heavy atom. The average molecular weight is 496 g/mol. The normalized spacial score (nSPS) is 21.4. The molecule has 0 bridgehead atoms. The van der Waals surface area contributed by atoms with Gasteiger partial charge in [0.15, 0.2) is 5.78 Å². The summed E-state index contributed by atoms with van der Waals surface area (Å²) in [4.78, 5) is 41.2. The zero-order valence-corrected chi connectivity index (χ0v) is 21.2. The Hall–Kier alpha value is -2.97. The number of rotatable bonds is 11. The molecule has 194 valence electrons. The minimum Gasteiger partial charge on any atom is -0.472 e. The van der Waals surface area contributed by atoms with Crippen molar-refractivity contribution in [2.45, 2.75) is 64.1 Å². The van der Waals surface area contributed by atoms with Crippen molar-refractivity contribution in [3.05, 3.63) is 60.1 Å². The van der Waals surface area contributed by atoms with Gasteiger partial charge in [-0.25, -0.2) is 0 Å². The lowest BCUT2D eigenvalue weighted by molar-refractivity contribution is -0.128. The summed E-state index contributed by atoms with van der Waals surface area (Å²) < 4.78 is 10.8. The maximum Gasteiger partial charge on any atom is 0.255 e. The van der Waals surface area contributed by atoms with E-state index in [1.807, 2.05) is 18.2 Å². The number of ether oxygens (including phenoxy) is 1. The van der Waals surface area contributed by atoms with Crippen LogP contribution in [0.3, 0.4) is 0 Å². The summed E-state index contributed by atoms with van der Waals surface area (Å²) >= 11 is 0. The number of nitrogens with one attached hydrogen (secondary N) is 2. The van der Waals surface area contributed by atoms with Crippen LogP contribution in [0.2, 0.25) is 0 Å². The molecule has 2 unspecified atom stereocenters. The topological polar surface area (TPSA) is 101 Å². The van der Waals surface area contributed by atoms with Crippen LogP contribution in [0.5, 0.6) is 0 Å². The Bertz CT molecular complexity index is 1020. The van der Waals surface area contributed by atoms with Gasteiger partial charge < -0.3 is 24.7 Å². The molecule has 2 fully saturated rings. The molecule has 3 atom stereocenters. The fourth-order valence-corrected chi connectivity index (χ4v) is 5.01. The van der Waals surface area contributed by atoms with Crippen LogP contribution in [-0.2, 0) is 20.7 Å². The molecule has 3 heterocycles. The van der Waals surface area contributed by atoms with Crippen molar-refractivity contribution in [1.82, 2.24) is 15.5 Å². The van der Waals surface area contributed by atoms with Crippen molar-refractivity contribution in [2.24, 2.45) is 5.41 Å². The highest BCUT2D eigenvalue weighted by atomic mass is 16.5. The fraction of sp³-hybridized carbons (Fsp3) is 0.536. The molecule has 0 saturated carbocycles. The van der Waals surface area contributed by atoms with E-state index in [2.05, 4.69) is 41.5 Å². The van der Waals surface area contributed by atoms with E-state index in [9.17, 15) is 14.4 Å². The average Bonchev–Trinajstić information content (AvgIpc) is 3.63. The molecule has 2 aliphatic rings. The molecule has 4 rings (SSSR count). The predicted octanol–water partition coefficient (Wildman–Crippen LogP) is 2.98. The number of Topliss-reactive ketones (excluding diaryl/α,β-unsaturated/α-hetero) is 1. The molecule has 2 amide bonds. The molecule has 2 aliphatic heterocycles. The Morgan fingerprint density at radius 3 is 2.58 bits per heavy atom. The summed E-state index contributed by atoms with van der Waals surface area (Å²) in [6.07, 6.45) is 6.80. The number of amides is 2. The lowest BCUT2D eigenvalue weighted by atomic mass is 9.80. The number of nitrogens with zero attached hydrogens (tertiary/aromatic N) is 1. The first-order valence-electron chi connectivity index (χ1n) is 12.8. The first-order valence-corrected chi connectivity index (χ1v) is 12.8. The Labute approximate surface area is 212 Å². The van der Waals surface area contributed by atoms with Crippen LogP contribution in [0.25, 0.3) is 0 Å². The molecule has 2 N–H and O–H groups in total. The second-order valence-corrected chi connectivity index (χ2v) is 10.7. The quantitative estimate of drug-likeness (QED) is 0.497. The van der Waals surface area contributed by atoms with E-state index in [1.54, 1.807) is 6.07 Å². The number of aryl methyl sites for hydroxylation is 1. The summed E-state index contributed by atoms with van der Waals surface area (Å²) in [5.74, 6) is -0.879. The molecule has 8 nitrogen and oxygen atoms in total. The molecular formula is C28H37N3O5. The van der Waals surface area contributed by atoms with E-state index in [4.69, 9.17) is 9.15 Å². The third-order valence-corrected chi connectivity index (χ3v) is 7.19. The molecule has 2 aromatic rings. The van der Waals surface area contributed by atoms with Crippen molar-refractivity contribution in [3.8, 4) is 0 Å². The molecule has 2 saturated heterocycles. The van der Waals surface area contributed by atoms with Gasteiger partial charge in [0.1, 0.15) is 25.0 Å². The highest BCUT2D eigenvalue weighted by Gasteiger charge is 2.40. The van der Waals surface area contributed by atoms with Crippen LogP contribution in [-0.4, -0.2) is 66.9 Å². The SMILES string of the molecule is CC(C)(CCc1ccccc1)C[C@H](NC(=O)c1ccoc1)C(=O)NC1C(=O)COC1CN1CCCC1. The summed E-state index contributed by atoms with van der Waals surface area (Å²) in [6, 6.07) is 10.3. The number of furan rings is 1. The molecule has 0 aliphatic carbocycles. The van der Waals surface area contributed by atoms with Gasteiger partial charge in [0.05, 0.1) is 17.9 Å². The molecule has 36 heavy (non-hydrogen) atoms. The standard InChI is InChI=1S/C28H37N3O5/c1-28(2,12-10-20-8-4-3-5-9-20)16-22(29-26(33)21-11-15-35-18-21)27(34)30-25-23(32)19-36-24(25)17-31-13-6-7-14-31/h3-5,8-9,11,15,18,22,24-25H,6-7,10,12-14,16-17,19H2,1-2H3,(H,29,33)(H,30,34)/t22-,24?,25?/m0/s1. The van der Waals surface area contributed by atoms with Gasteiger partial charge in [-0.15, -0.1) is 0 Å². The van der Waals surface area contributed by atoms with E-state index >= 15 is 0 Å². The highest BCUT2D eigenvalue weighted by molar-refractivity contribution is 5.98. The molecular weight excluding hydrogens is 458 g/mol. The number of carbonyl (C=O) groups excluding carboxylic acids is 3. The van der Waals surface area contributed by atoms with Crippen molar-refractivity contribution in [2.75, 3.05) is 26.2 Å². The zero-order valence-electron chi connectivity index (χ0n) is 21.2. The van der Waals surface area contributed by atoms with Gasteiger partial charge >= 0.3 is 0 Å². The van der Waals surface area contributed by atoms with Crippen LogP contribution in [0, 0.1) is 5.41 Å². The maximum atomic E-state index is 13.5. The summed E-state index contributed by atoms with van der Waals surface area (Å²) in [5.41, 5.74) is 1.33. The predicted molar refractivity (Wildman–Crippen MR) is 135 cm³/mol. The van der Waals surface area contributed by atoms with Crippen molar-refractivity contribution in [1.29, 1.82) is 0 Å². The molecule has 1 aromatic heterocycles. The minimum absolute atomic E-state index is 0.00192. The third kappa shape index (κ3) is 7.04. The van der Waals surface area contributed by atoms with E-state index in [-0.39, 0.29) is 35.7 Å². The largest absolute Gasteiger partial charge is 0.472 e. The molecule has 0 spiro atoms. The second-order valence-electron chi connectivity index (χ2n) is 10.7. The Balaban J connectivity index is 1.44. The van der Waals surface area contributed by atoms with Gasteiger partial charge in [-0.3, -0.25) is 14.4 Å². The van der Waals surface area contributed by atoms with Crippen LogP contribution in [0.1, 0.15) is 55.5 Å². The van der Waals surface area contributed by atoms with Crippen molar-refractivity contribution in [3.63, 3.8) is 0 Å². The Morgan fingerprint density at radius 1 is 1.14 bits per heavy atom. The van der Waals surface area contributed by atoms with Gasteiger partial charge in [0.2, 0.25) is 5.91 Å². The van der Waals surface area contributed by atoms with Gasteiger partial charge in [0.25, 0.3) is 5.91 Å². The van der Waals surface area contributed by atoms with Gasteiger partial charge in [-0.2, -0.15) is 0 Å². The number of ketones is 1. The smallest absolute Gasteiger partial charge is 0.255 e. The zero-order chi connectivity index (χ0) is 25.5. The van der Waals surface area contributed by atoms with E-state index < -0.39 is 12.1 Å². The third-order valence-electron chi connectivity index (χ3n) is 7.19. The van der Waals surface area contributed by atoms with Crippen LogP contribution < -0.4 is 10.6 Å². The number of benzene rings is 1. The Kier molecular flexibility index (Phi) is 8.59. The van der Waals surface area contributed by atoms with Gasteiger partial charge in [0, 0.05) is 6.54 Å². The van der Waals surface area contributed by atoms with Gasteiger partial charge in [-0.1, -0.05) is 44.2 Å². The van der Waals surface area contributed by atoms with Crippen molar-refractivity contribution >= 4 is 17.6 Å². The second kappa shape index (κ2) is 11.8. The van der Waals surface area contributed by atoms with Crippen LogP contribution in [0.4, 0.5) is 0 Å². The molecule has 0 radical (unpaired) electrons. The first-order chi connectivity index (χ1) is 17.3.